The standard InChI is InChI=1S/C15H26O2/c1-5-12(2)8-6-9-13(3)10-7-11-14(4)15(16)17/h5,8,13-14H,1,6-7,9-11H2,2-4H3,(H,16,17). The molecule has 0 aromatic heterocycles. The van der Waals surface area contributed by atoms with Crippen LogP contribution in [0.2, 0.25) is 0 Å². The van der Waals surface area contributed by atoms with E-state index in [-0.39, 0.29) is 5.92 Å². The molecule has 0 aliphatic rings. The van der Waals surface area contributed by atoms with E-state index < -0.39 is 5.97 Å². The Bertz CT molecular complexity index is 266. The lowest BCUT2D eigenvalue weighted by atomic mass is 9.95. The average molecular weight is 238 g/mol. The molecule has 0 amide bonds. The molecular formula is C15H26O2. The van der Waals surface area contributed by atoms with Crippen LogP contribution < -0.4 is 0 Å². The second-order valence-corrected chi connectivity index (χ2v) is 5.00. The molecule has 0 aromatic carbocycles. The molecule has 2 atom stereocenters. The van der Waals surface area contributed by atoms with Crippen LogP contribution in [0.15, 0.2) is 24.3 Å². The molecule has 0 aliphatic carbocycles. The Labute approximate surface area is 105 Å². The molecule has 2 heteroatoms. The quantitative estimate of drug-likeness (QED) is 0.603. The molecule has 2 unspecified atom stereocenters. The number of carbonyl (C=O) groups is 1. The fraction of sp³-hybridized carbons (Fsp3) is 0.667. The van der Waals surface area contributed by atoms with E-state index in [0.717, 1.165) is 25.7 Å². The van der Waals surface area contributed by atoms with Gasteiger partial charge in [-0.1, -0.05) is 51.0 Å². The van der Waals surface area contributed by atoms with E-state index in [4.69, 9.17) is 5.11 Å². The van der Waals surface area contributed by atoms with E-state index >= 15 is 0 Å². The maximum atomic E-state index is 10.6. The highest BCUT2D eigenvalue weighted by molar-refractivity contribution is 5.69. The van der Waals surface area contributed by atoms with Crippen LogP contribution in [0, 0.1) is 11.8 Å². The lowest BCUT2D eigenvalue weighted by Crippen LogP contribution is -2.09. The highest BCUT2D eigenvalue weighted by atomic mass is 16.4. The molecule has 0 aliphatic heterocycles. The minimum absolute atomic E-state index is 0.204. The monoisotopic (exact) mass is 238 g/mol. The van der Waals surface area contributed by atoms with Crippen LogP contribution in [0.3, 0.4) is 0 Å². The second-order valence-electron chi connectivity index (χ2n) is 5.00. The number of aliphatic carboxylic acids is 1. The maximum absolute atomic E-state index is 10.6. The molecule has 2 nitrogen and oxygen atoms in total. The molecule has 0 heterocycles. The molecule has 0 saturated heterocycles. The van der Waals surface area contributed by atoms with Gasteiger partial charge in [-0.15, -0.1) is 0 Å². The first-order valence-corrected chi connectivity index (χ1v) is 6.49. The summed E-state index contributed by atoms with van der Waals surface area (Å²) >= 11 is 0. The molecule has 17 heavy (non-hydrogen) atoms. The van der Waals surface area contributed by atoms with Crippen LogP contribution >= 0.6 is 0 Å². The molecule has 98 valence electrons. The minimum atomic E-state index is -0.679. The molecule has 0 spiro atoms. The SMILES string of the molecule is C=CC(C)=CCCC(C)CCCC(C)C(=O)O. The molecule has 0 aromatic rings. The van der Waals surface area contributed by atoms with Crippen molar-refractivity contribution in [2.45, 2.75) is 52.9 Å². The summed E-state index contributed by atoms with van der Waals surface area (Å²) in [5, 5.41) is 8.76. The number of carboxylic acids is 1. The van der Waals surface area contributed by atoms with Gasteiger partial charge >= 0.3 is 5.97 Å². The first-order chi connectivity index (χ1) is 7.97. The maximum Gasteiger partial charge on any atom is 0.306 e. The van der Waals surface area contributed by atoms with E-state index in [1.807, 2.05) is 6.08 Å². The lowest BCUT2D eigenvalue weighted by Gasteiger charge is -2.11. The number of carboxylic acid groups (broad SMARTS) is 1. The third-order valence-corrected chi connectivity index (χ3v) is 3.20. The van der Waals surface area contributed by atoms with Gasteiger partial charge in [-0.3, -0.25) is 4.79 Å². The Hall–Kier alpha value is -1.05. The highest BCUT2D eigenvalue weighted by Gasteiger charge is 2.10. The number of hydrogen-bond donors (Lipinski definition) is 1. The largest absolute Gasteiger partial charge is 0.481 e. The van der Waals surface area contributed by atoms with Crippen LogP contribution in [0.4, 0.5) is 0 Å². The zero-order chi connectivity index (χ0) is 13.3. The molecule has 0 rings (SSSR count). The van der Waals surface area contributed by atoms with E-state index in [9.17, 15) is 4.79 Å². The zero-order valence-electron chi connectivity index (χ0n) is 11.4. The van der Waals surface area contributed by atoms with Crippen molar-refractivity contribution < 1.29 is 9.90 Å². The van der Waals surface area contributed by atoms with Crippen LogP contribution in [-0.4, -0.2) is 11.1 Å². The van der Waals surface area contributed by atoms with E-state index in [1.165, 1.54) is 12.0 Å². The van der Waals surface area contributed by atoms with Gasteiger partial charge < -0.3 is 5.11 Å². The summed E-state index contributed by atoms with van der Waals surface area (Å²) in [6.07, 6.45) is 9.28. The second kappa shape index (κ2) is 9.03. The third-order valence-electron chi connectivity index (χ3n) is 3.20. The van der Waals surface area contributed by atoms with Gasteiger partial charge in [-0.05, 0) is 32.1 Å². The van der Waals surface area contributed by atoms with Crippen molar-refractivity contribution in [1.29, 1.82) is 0 Å². The van der Waals surface area contributed by atoms with Gasteiger partial charge in [0.15, 0.2) is 0 Å². The summed E-state index contributed by atoms with van der Waals surface area (Å²) < 4.78 is 0. The Morgan fingerprint density at radius 2 is 1.94 bits per heavy atom. The summed E-state index contributed by atoms with van der Waals surface area (Å²) in [5.74, 6) is -0.211. The van der Waals surface area contributed by atoms with Crippen molar-refractivity contribution in [3.63, 3.8) is 0 Å². The fourth-order valence-electron chi connectivity index (χ4n) is 1.72. The Balaban J connectivity index is 3.63. The summed E-state index contributed by atoms with van der Waals surface area (Å²) in [6, 6.07) is 0. The van der Waals surface area contributed by atoms with Crippen LogP contribution in [-0.2, 0) is 4.79 Å². The van der Waals surface area contributed by atoms with Gasteiger partial charge in [0.1, 0.15) is 0 Å². The van der Waals surface area contributed by atoms with Crippen molar-refractivity contribution in [3.05, 3.63) is 24.3 Å². The van der Waals surface area contributed by atoms with Crippen molar-refractivity contribution in [2.24, 2.45) is 11.8 Å². The lowest BCUT2D eigenvalue weighted by molar-refractivity contribution is -0.141. The van der Waals surface area contributed by atoms with E-state index in [1.54, 1.807) is 6.92 Å². The van der Waals surface area contributed by atoms with Crippen molar-refractivity contribution in [2.75, 3.05) is 0 Å². The van der Waals surface area contributed by atoms with E-state index in [0.29, 0.717) is 5.92 Å². The van der Waals surface area contributed by atoms with Crippen LogP contribution in [0.25, 0.3) is 0 Å². The molecular weight excluding hydrogens is 212 g/mol. The number of allylic oxidation sites excluding steroid dienone is 3. The van der Waals surface area contributed by atoms with Gasteiger partial charge in [0.2, 0.25) is 0 Å². The Morgan fingerprint density at radius 1 is 1.29 bits per heavy atom. The van der Waals surface area contributed by atoms with Gasteiger partial charge in [-0.2, -0.15) is 0 Å². The van der Waals surface area contributed by atoms with Crippen LogP contribution in [0.1, 0.15) is 52.9 Å². The van der Waals surface area contributed by atoms with Crippen LogP contribution in [0.5, 0.6) is 0 Å². The molecule has 1 N–H and O–H groups in total. The summed E-state index contributed by atoms with van der Waals surface area (Å²) in [4.78, 5) is 10.6. The minimum Gasteiger partial charge on any atom is -0.481 e. The smallest absolute Gasteiger partial charge is 0.306 e. The van der Waals surface area contributed by atoms with Crippen molar-refractivity contribution in [3.8, 4) is 0 Å². The van der Waals surface area contributed by atoms with Gasteiger partial charge in [0, 0.05) is 0 Å². The fourth-order valence-corrected chi connectivity index (χ4v) is 1.72. The van der Waals surface area contributed by atoms with Crippen molar-refractivity contribution >= 4 is 5.97 Å². The average Bonchev–Trinajstić information content (AvgIpc) is 2.28. The van der Waals surface area contributed by atoms with Gasteiger partial charge in [0.25, 0.3) is 0 Å². The Kier molecular flexibility index (Phi) is 8.47. The first kappa shape index (κ1) is 16.0. The van der Waals surface area contributed by atoms with E-state index in [2.05, 4.69) is 26.5 Å². The molecule has 0 saturated carbocycles. The Morgan fingerprint density at radius 3 is 2.47 bits per heavy atom. The van der Waals surface area contributed by atoms with Gasteiger partial charge in [-0.25, -0.2) is 0 Å². The number of rotatable bonds is 9. The predicted molar refractivity (Wildman–Crippen MR) is 73.0 cm³/mol. The zero-order valence-corrected chi connectivity index (χ0v) is 11.4. The topological polar surface area (TPSA) is 37.3 Å². The predicted octanol–water partition coefficient (Wildman–Crippen LogP) is 4.43. The van der Waals surface area contributed by atoms with Crippen molar-refractivity contribution in [1.82, 2.24) is 0 Å². The summed E-state index contributed by atoms with van der Waals surface area (Å²) in [5.41, 5.74) is 1.23. The van der Waals surface area contributed by atoms with Gasteiger partial charge in [0.05, 0.1) is 5.92 Å². The number of hydrogen-bond acceptors (Lipinski definition) is 1. The summed E-state index contributed by atoms with van der Waals surface area (Å²) in [7, 11) is 0. The summed E-state index contributed by atoms with van der Waals surface area (Å²) in [6.45, 7) is 9.80. The molecule has 0 bridgehead atoms. The molecule has 0 fully saturated rings. The first-order valence-electron chi connectivity index (χ1n) is 6.49. The molecule has 0 radical (unpaired) electrons. The normalized spacial score (nSPS) is 15.4. The third kappa shape index (κ3) is 8.73. The highest BCUT2D eigenvalue weighted by Crippen LogP contribution is 2.17.